The van der Waals surface area contributed by atoms with Crippen LogP contribution in [0.15, 0.2) is 41.5 Å². The van der Waals surface area contributed by atoms with Crippen molar-refractivity contribution in [1.29, 1.82) is 0 Å². The van der Waals surface area contributed by atoms with E-state index in [1.807, 2.05) is 31.2 Å². The van der Waals surface area contributed by atoms with Crippen LogP contribution in [0.3, 0.4) is 0 Å². The molecule has 0 saturated carbocycles. The normalized spacial score (nSPS) is 10.4. The number of hydrogen-bond acceptors (Lipinski definition) is 6. The SMILES string of the molecule is COc1cc(/C=N\NC(=S)Nc2ccc(C)cc2)c([N+](=O)[O-])cc1OC. The van der Waals surface area contributed by atoms with Crippen molar-refractivity contribution in [2.75, 3.05) is 19.5 Å². The largest absolute Gasteiger partial charge is 0.493 e. The molecule has 0 spiro atoms. The first-order valence-corrected chi connectivity index (χ1v) is 7.92. The number of hydrogen-bond donors (Lipinski definition) is 2. The highest BCUT2D eigenvalue weighted by Gasteiger charge is 2.18. The van der Waals surface area contributed by atoms with Crippen molar-refractivity contribution in [3.63, 3.8) is 0 Å². The zero-order valence-corrected chi connectivity index (χ0v) is 15.3. The van der Waals surface area contributed by atoms with Crippen molar-refractivity contribution in [3.05, 3.63) is 57.6 Å². The minimum Gasteiger partial charge on any atom is -0.493 e. The van der Waals surface area contributed by atoms with Crippen LogP contribution in [0.25, 0.3) is 0 Å². The summed E-state index contributed by atoms with van der Waals surface area (Å²) in [6, 6.07) is 10.4. The van der Waals surface area contributed by atoms with Gasteiger partial charge < -0.3 is 14.8 Å². The fraction of sp³-hybridized carbons (Fsp3) is 0.176. The molecule has 0 aliphatic heterocycles. The van der Waals surface area contributed by atoms with Crippen LogP contribution in [0, 0.1) is 17.0 Å². The summed E-state index contributed by atoms with van der Waals surface area (Å²) in [4.78, 5) is 10.7. The van der Waals surface area contributed by atoms with Crippen LogP contribution in [0.2, 0.25) is 0 Å². The van der Waals surface area contributed by atoms with E-state index in [0.717, 1.165) is 11.3 Å². The molecule has 2 rings (SSSR count). The summed E-state index contributed by atoms with van der Waals surface area (Å²) in [6.07, 6.45) is 1.29. The Hall–Kier alpha value is -3.20. The first-order chi connectivity index (χ1) is 12.4. The van der Waals surface area contributed by atoms with Crippen LogP contribution in [0.4, 0.5) is 11.4 Å². The number of thiocarbonyl (C=S) groups is 1. The topological polar surface area (TPSA) is 98.0 Å². The number of ether oxygens (including phenoxy) is 2. The maximum absolute atomic E-state index is 11.2. The van der Waals surface area contributed by atoms with Gasteiger partial charge in [-0.15, -0.1) is 0 Å². The van der Waals surface area contributed by atoms with Gasteiger partial charge in [0.1, 0.15) is 0 Å². The minimum absolute atomic E-state index is 0.161. The van der Waals surface area contributed by atoms with Gasteiger partial charge in [-0.3, -0.25) is 15.5 Å². The van der Waals surface area contributed by atoms with Gasteiger partial charge >= 0.3 is 0 Å². The fourth-order valence-corrected chi connectivity index (χ4v) is 2.27. The Morgan fingerprint density at radius 3 is 2.38 bits per heavy atom. The van der Waals surface area contributed by atoms with E-state index in [1.165, 1.54) is 32.6 Å². The first kappa shape index (κ1) is 19.1. The third kappa shape index (κ3) is 4.90. The fourth-order valence-electron chi connectivity index (χ4n) is 2.10. The van der Waals surface area contributed by atoms with Crippen LogP contribution < -0.4 is 20.2 Å². The number of anilines is 1. The van der Waals surface area contributed by atoms with Crippen LogP contribution >= 0.6 is 12.2 Å². The van der Waals surface area contributed by atoms with Gasteiger partial charge in [-0.1, -0.05) is 17.7 Å². The van der Waals surface area contributed by atoms with Crippen molar-refractivity contribution < 1.29 is 14.4 Å². The molecule has 0 bridgehead atoms. The van der Waals surface area contributed by atoms with E-state index in [1.54, 1.807) is 0 Å². The smallest absolute Gasteiger partial charge is 0.282 e. The number of nitrogens with zero attached hydrogens (tertiary/aromatic N) is 2. The molecule has 0 aliphatic rings. The molecule has 136 valence electrons. The standard InChI is InChI=1S/C17H18N4O4S/c1-11-4-6-13(7-5-11)19-17(26)20-18-10-12-8-15(24-2)16(25-3)9-14(12)21(22)23/h4-10H,1-3H3,(H2,19,20,26)/b18-10-. The molecule has 0 atom stereocenters. The number of aryl methyl sites for hydroxylation is 1. The summed E-state index contributed by atoms with van der Waals surface area (Å²) >= 11 is 5.14. The molecule has 0 saturated heterocycles. The van der Waals surface area contributed by atoms with Crippen molar-refractivity contribution in [1.82, 2.24) is 5.43 Å². The maximum Gasteiger partial charge on any atom is 0.282 e. The summed E-state index contributed by atoms with van der Waals surface area (Å²) < 4.78 is 10.2. The zero-order valence-electron chi connectivity index (χ0n) is 14.5. The molecular weight excluding hydrogens is 356 g/mol. The van der Waals surface area contributed by atoms with Crippen molar-refractivity contribution >= 4 is 34.9 Å². The van der Waals surface area contributed by atoms with E-state index in [4.69, 9.17) is 21.7 Å². The Labute approximate surface area is 156 Å². The highest BCUT2D eigenvalue weighted by Crippen LogP contribution is 2.33. The maximum atomic E-state index is 11.2. The van der Waals surface area contributed by atoms with E-state index < -0.39 is 4.92 Å². The lowest BCUT2D eigenvalue weighted by molar-refractivity contribution is -0.385. The molecule has 0 heterocycles. The monoisotopic (exact) mass is 374 g/mol. The lowest BCUT2D eigenvalue weighted by Gasteiger charge is -2.09. The van der Waals surface area contributed by atoms with E-state index in [0.29, 0.717) is 5.75 Å². The molecular formula is C17H18N4O4S. The van der Waals surface area contributed by atoms with Crippen LogP contribution in [-0.2, 0) is 0 Å². The highest BCUT2D eigenvalue weighted by atomic mass is 32.1. The van der Waals surface area contributed by atoms with Gasteiger partial charge in [0.2, 0.25) is 0 Å². The first-order valence-electron chi connectivity index (χ1n) is 7.51. The highest BCUT2D eigenvalue weighted by molar-refractivity contribution is 7.80. The molecule has 0 radical (unpaired) electrons. The van der Waals surface area contributed by atoms with Gasteiger partial charge in [0, 0.05) is 5.69 Å². The average molecular weight is 374 g/mol. The second kappa shape index (κ2) is 8.77. The van der Waals surface area contributed by atoms with Crippen molar-refractivity contribution in [3.8, 4) is 11.5 Å². The third-order valence-corrected chi connectivity index (χ3v) is 3.60. The molecule has 2 N–H and O–H groups in total. The Morgan fingerprint density at radius 2 is 1.81 bits per heavy atom. The van der Waals surface area contributed by atoms with Crippen LogP contribution in [0.1, 0.15) is 11.1 Å². The molecule has 0 aliphatic carbocycles. The number of hydrazone groups is 1. The predicted molar refractivity (Wildman–Crippen MR) is 104 cm³/mol. The lowest BCUT2D eigenvalue weighted by Crippen LogP contribution is -2.23. The van der Waals surface area contributed by atoms with E-state index in [-0.39, 0.29) is 22.1 Å². The zero-order chi connectivity index (χ0) is 19.1. The second-order valence-corrected chi connectivity index (χ2v) is 5.62. The Bertz CT molecular complexity index is 837. The van der Waals surface area contributed by atoms with Crippen molar-refractivity contribution in [2.45, 2.75) is 6.92 Å². The predicted octanol–water partition coefficient (Wildman–Crippen LogP) is 3.24. The van der Waals surface area contributed by atoms with Crippen LogP contribution in [0.5, 0.6) is 11.5 Å². The van der Waals surface area contributed by atoms with Gasteiger partial charge in [0.25, 0.3) is 5.69 Å². The summed E-state index contributed by atoms with van der Waals surface area (Å²) in [5, 5.41) is 18.4. The van der Waals surface area contributed by atoms with Gasteiger partial charge in [-0.05, 0) is 37.3 Å². The van der Waals surface area contributed by atoms with Crippen LogP contribution in [-0.4, -0.2) is 30.5 Å². The number of nitro benzene ring substituents is 1. The Morgan fingerprint density at radius 1 is 1.19 bits per heavy atom. The van der Waals surface area contributed by atoms with Gasteiger partial charge in [-0.25, -0.2) is 0 Å². The van der Waals surface area contributed by atoms with E-state index >= 15 is 0 Å². The third-order valence-electron chi connectivity index (χ3n) is 3.41. The summed E-state index contributed by atoms with van der Waals surface area (Å²) in [6.45, 7) is 1.99. The molecule has 2 aromatic carbocycles. The average Bonchev–Trinajstić information content (AvgIpc) is 2.62. The van der Waals surface area contributed by atoms with Gasteiger partial charge in [-0.2, -0.15) is 5.10 Å². The summed E-state index contributed by atoms with van der Waals surface area (Å²) in [5.41, 5.74) is 4.65. The number of nitro groups is 1. The number of benzene rings is 2. The summed E-state index contributed by atoms with van der Waals surface area (Å²) in [7, 11) is 2.86. The quantitative estimate of drug-likeness (QED) is 0.347. The van der Waals surface area contributed by atoms with E-state index in [9.17, 15) is 10.1 Å². The summed E-state index contributed by atoms with van der Waals surface area (Å²) in [5.74, 6) is 0.626. The minimum atomic E-state index is -0.522. The van der Waals surface area contributed by atoms with E-state index in [2.05, 4.69) is 15.8 Å². The second-order valence-electron chi connectivity index (χ2n) is 5.21. The van der Waals surface area contributed by atoms with Crippen molar-refractivity contribution in [2.24, 2.45) is 5.10 Å². The van der Waals surface area contributed by atoms with Gasteiger partial charge in [0.15, 0.2) is 16.6 Å². The van der Waals surface area contributed by atoms with Gasteiger partial charge in [0.05, 0.1) is 37.0 Å². The lowest BCUT2D eigenvalue weighted by atomic mass is 10.1. The molecule has 9 heteroatoms. The Kier molecular flexibility index (Phi) is 6.45. The molecule has 0 unspecified atom stereocenters. The molecule has 0 aromatic heterocycles. The molecule has 0 amide bonds. The molecule has 0 fully saturated rings. The molecule has 2 aromatic rings. The Balaban J connectivity index is 2.12. The number of methoxy groups -OCH3 is 2. The number of nitrogens with one attached hydrogen (secondary N) is 2. The molecule has 8 nitrogen and oxygen atoms in total. The number of rotatable bonds is 6. The molecule has 26 heavy (non-hydrogen) atoms.